The van der Waals surface area contributed by atoms with E-state index in [2.05, 4.69) is 42.3 Å². The van der Waals surface area contributed by atoms with Crippen LogP contribution in [0.4, 0.5) is 0 Å². The Hall–Kier alpha value is -1.36. The number of thiophene rings is 1. The molecule has 22 heavy (non-hydrogen) atoms. The fourth-order valence-corrected chi connectivity index (χ4v) is 3.36. The Morgan fingerprint density at radius 3 is 2.41 bits per heavy atom. The maximum absolute atomic E-state index is 10.3. The Morgan fingerprint density at radius 1 is 1.00 bits per heavy atom. The van der Waals surface area contributed by atoms with Crippen molar-refractivity contribution >= 4 is 11.3 Å². The Balaban J connectivity index is 2.13. The molecule has 1 aromatic carbocycles. The molecule has 2 aromatic rings. The van der Waals surface area contributed by atoms with Crippen LogP contribution in [0.3, 0.4) is 0 Å². The second-order valence-corrected chi connectivity index (χ2v) is 7.12. The number of para-hydroxylation sites is 1. The van der Waals surface area contributed by atoms with E-state index in [1.807, 2.05) is 36.5 Å². The highest BCUT2D eigenvalue weighted by molar-refractivity contribution is 7.10. The summed E-state index contributed by atoms with van der Waals surface area (Å²) in [5, 5.41) is 12.4. The summed E-state index contributed by atoms with van der Waals surface area (Å²) in [6, 6.07) is 8.16. The number of nitrogens with zero attached hydrogens (tertiary/aromatic N) is 2. The highest BCUT2D eigenvalue weighted by Crippen LogP contribution is 2.25. The average Bonchev–Trinajstić information content (AvgIpc) is 2.86. The SMILES string of the molecule is Cc1ccsc1CN(CCN(C)C)Cc1cccc(C)c1O. The van der Waals surface area contributed by atoms with E-state index in [1.165, 1.54) is 10.4 Å². The fraction of sp³-hybridized carbons (Fsp3) is 0.444. The van der Waals surface area contributed by atoms with Gasteiger partial charge in [-0.2, -0.15) is 0 Å². The third-order valence-electron chi connectivity index (χ3n) is 3.91. The van der Waals surface area contributed by atoms with Crippen LogP contribution in [0, 0.1) is 13.8 Å². The number of hydrogen-bond donors (Lipinski definition) is 1. The number of rotatable bonds is 7. The molecule has 120 valence electrons. The largest absolute Gasteiger partial charge is 0.507 e. The number of phenolic OH excluding ortho intramolecular Hbond substituents is 1. The Kier molecular flexibility index (Phi) is 6.00. The molecule has 0 unspecified atom stereocenters. The summed E-state index contributed by atoms with van der Waals surface area (Å²) in [5.41, 5.74) is 3.30. The highest BCUT2D eigenvalue weighted by Gasteiger charge is 2.13. The third kappa shape index (κ3) is 4.57. The van der Waals surface area contributed by atoms with Gasteiger partial charge >= 0.3 is 0 Å². The van der Waals surface area contributed by atoms with Crippen LogP contribution >= 0.6 is 11.3 Å². The van der Waals surface area contributed by atoms with Crippen LogP contribution in [0.1, 0.15) is 21.6 Å². The summed E-state index contributed by atoms with van der Waals surface area (Å²) in [4.78, 5) is 6.02. The van der Waals surface area contributed by atoms with Gasteiger partial charge in [-0.25, -0.2) is 0 Å². The maximum Gasteiger partial charge on any atom is 0.122 e. The molecule has 0 aliphatic heterocycles. The van der Waals surface area contributed by atoms with Crippen molar-refractivity contribution in [1.29, 1.82) is 0 Å². The fourth-order valence-electron chi connectivity index (χ4n) is 2.41. The predicted molar refractivity (Wildman–Crippen MR) is 94.6 cm³/mol. The third-order valence-corrected chi connectivity index (χ3v) is 4.92. The molecule has 3 nitrogen and oxygen atoms in total. The number of likely N-dealkylation sites (N-methyl/N-ethyl adjacent to an activating group) is 1. The van der Waals surface area contributed by atoms with Gasteiger partial charge in [0.25, 0.3) is 0 Å². The molecule has 0 aliphatic carbocycles. The van der Waals surface area contributed by atoms with Gasteiger partial charge in [0.1, 0.15) is 5.75 Å². The normalized spacial score (nSPS) is 11.5. The van der Waals surface area contributed by atoms with Crippen LogP contribution in [0.2, 0.25) is 0 Å². The van der Waals surface area contributed by atoms with Crippen molar-refractivity contribution in [2.24, 2.45) is 0 Å². The first-order valence-corrected chi connectivity index (χ1v) is 8.53. The minimum absolute atomic E-state index is 0.431. The van der Waals surface area contributed by atoms with E-state index in [0.717, 1.165) is 37.3 Å². The zero-order valence-electron chi connectivity index (χ0n) is 14.0. The molecular formula is C18H26N2OS. The second kappa shape index (κ2) is 7.77. The minimum Gasteiger partial charge on any atom is -0.507 e. The maximum atomic E-state index is 10.3. The van der Waals surface area contributed by atoms with Crippen LogP contribution in [-0.4, -0.2) is 42.1 Å². The number of benzene rings is 1. The van der Waals surface area contributed by atoms with Gasteiger partial charge in [-0.05, 0) is 50.5 Å². The van der Waals surface area contributed by atoms with Crippen molar-refractivity contribution in [2.45, 2.75) is 26.9 Å². The van der Waals surface area contributed by atoms with Crippen molar-refractivity contribution in [1.82, 2.24) is 9.80 Å². The van der Waals surface area contributed by atoms with Crippen LogP contribution in [-0.2, 0) is 13.1 Å². The first kappa shape index (κ1) is 17.0. The lowest BCUT2D eigenvalue weighted by Gasteiger charge is -2.24. The molecule has 0 saturated carbocycles. The van der Waals surface area contributed by atoms with Crippen molar-refractivity contribution < 1.29 is 5.11 Å². The Morgan fingerprint density at radius 2 is 1.77 bits per heavy atom. The quantitative estimate of drug-likeness (QED) is 0.844. The number of hydrogen-bond acceptors (Lipinski definition) is 4. The molecule has 1 aromatic heterocycles. The molecule has 4 heteroatoms. The summed E-state index contributed by atoms with van der Waals surface area (Å²) in [6.07, 6.45) is 0. The van der Waals surface area contributed by atoms with Crippen LogP contribution in [0.15, 0.2) is 29.6 Å². The Bertz CT molecular complexity index is 607. The van der Waals surface area contributed by atoms with Gasteiger partial charge in [-0.15, -0.1) is 11.3 Å². The first-order chi connectivity index (χ1) is 10.5. The molecular weight excluding hydrogens is 292 g/mol. The van der Waals surface area contributed by atoms with E-state index in [4.69, 9.17) is 0 Å². The lowest BCUT2D eigenvalue weighted by molar-refractivity contribution is 0.225. The lowest BCUT2D eigenvalue weighted by Crippen LogP contribution is -2.31. The van der Waals surface area contributed by atoms with E-state index < -0.39 is 0 Å². The van der Waals surface area contributed by atoms with Gasteiger partial charge < -0.3 is 10.0 Å². The van der Waals surface area contributed by atoms with Crippen LogP contribution < -0.4 is 0 Å². The summed E-state index contributed by atoms with van der Waals surface area (Å²) >= 11 is 1.81. The van der Waals surface area contributed by atoms with Crippen molar-refractivity contribution in [2.75, 3.05) is 27.2 Å². The summed E-state index contributed by atoms with van der Waals surface area (Å²) in [7, 11) is 4.19. The summed E-state index contributed by atoms with van der Waals surface area (Å²) in [6.45, 7) is 7.82. The molecule has 0 saturated heterocycles. The van der Waals surface area contributed by atoms with E-state index in [0.29, 0.717) is 5.75 Å². The van der Waals surface area contributed by atoms with Gasteiger partial charge in [-0.3, -0.25) is 4.90 Å². The van der Waals surface area contributed by atoms with Gasteiger partial charge in [-0.1, -0.05) is 18.2 Å². The average molecular weight is 318 g/mol. The molecule has 0 spiro atoms. The van der Waals surface area contributed by atoms with E-state index in [-0.39, 0.29) is 0 Å². The molecule has 1 N–H and O–H groups in total. The molecule has 0 amide bonds. The molecule has 0 fully saturated rings. The molecule has 0 aliphatic rings. The van der Waals surface area contributed by atoms with Crippen molar-refractivity contribution in [3.05, 3.63) is 51.2 Å². The monoisotopic (exact) mass is 318 g/mol. The number of aryl methyl sites for hydroxylation is 2. The van der Waals surface area contributed by atoms with Gasteiger partial charge in [0.2, 0.25) is 0 Å². The zero-order chi connectivity index (χ0) is 16.1. The van der Waals surface area contributed by atoms with Crippen molar-refractivity contribution in [3.8, 4) is 5.75 Å². The smallest absolute Gasteiger partial charge is 0.122 e. The lowest BCUT2D eigenvalue weighted by atomic mass is 10.1. The number of phenols is 1. The van der Waals surface area contributed by atoms with E-state index in [1.54, 1.807) is 0 Å². The Labute approximate surface area is 137 Å². The summed E-state index contributed by atoms with van der Waals surface area (Å²) in [5.74, 6) is 0.431. The van der Waals surface area contributed by atoms with E-state index >= 15 is 0 Å². The van der Waals surface area contributed by atoms with Crippen LogP contribution in [0.25, 0.3) is 0 Å². The molecule has 1 heterocycles. The van der Waals surface area contributed by atoms with E-state index in [9.17, 15) is 5.11 Å². The van der Waals surface area contributed by atoms with Crippen molar-refractivity contribution in [3.63, 3.8) is 0 Å². The van der Waals surface area contributed by atoms with Gasteiger partial charge in [0.05, 0.1) is 0 Å². The standard InChI is InChI=1S/C18H26N2OS/c1-14-8-11-22-17(14)13-20(10-9-19(3)4)12-16-7-5-6-15(2)18(16)21/h5-8,11,21H,9-10,12-13H2,1-4H3. The molecule has 0 atom stereocenters. The zero-order valence-corrected chi connectivity index (χ0v) is 14.8. The first-order valence-electron chi connectivity index (χ1n) is 7.65. The second-order valence-electron chi connectivity index (χ2n) is 6.12. The molecule has 2 rings (SSSR count). The number of aromatic hydroxyl groups is 1. The minimum atomic E-state index is 0.431. The van der Waals surface area contributed by atoms with Gasteiger partial charge in [0, 0.05) is 36.6 Å². The van der Waals surface area contributed by atoms with Gasteiger partial charge in [0.15, 0.2) is 0 Å². The predicted octanol–water partition coefficient (Wildman–Crippen LogP) is 3.63. The highest BCUT2D eigenvalue weighted by atomic mass is 32.1. The van der Waals surface area contributed by atoms with Crippen LogP contribution in [0.5, 0.6) is 5.75 Å². The summed E-state index contributed by atoms with van der Waals surface area (Å²) < 4.78 is 0. The molecule has 0 bridgehead atoms. The molecule has 0 radical (unpaired) electrons. The topological polar surface area (TPSA) is 26.7 Å².